The van der Waals surface area contributed by atoms with Gasteiger partial charge in [0.1, 0.15) is 5.82 Å². The first-order valence-corrected chi connectivity index (χ1v) is 8.67. The maximum absolute atomic E-state index is 9.62. The van der Waals surface area contributed by atoms with Crippen LogP contribution in [0.3, 0.4) is 0 Å². The summed E-state index contributed by atoms with van der Waals surface area (Å²) < 4.78 is 3.10. The minimum atomic E-state index is 0.455. The van der Waals surface area contributed by atoms with E-state index < -0.39 is 0 Å². The summed E-state index contributed by atoms with van der Waals surface area (Å²) in [6.07, 6.45) is 1.59. The van der Waals surface area contributed by atoms with Gasteiger partial charge in [0.05, 0.1) is 23.6 Å². The fourth-order valence-corrected chi connectivity index (χ4v) is 3.50. The van der Waals surface area contributed by atoms with E-state index in [1.165, 1.54) is 0 Å². The average Bonchev–Trinajstić information content (AvgIpc) is 2.81. The van der Waals surface area contributed by atoms with Gasteiger partial charge < -0.3 is 0 Å². The molecule has 0 amide bonds. The highest BCUT2D eigenvalue weighted by atomic mass is 35.5. The van der Waals surface area contributed by atoms with Gasteiger partial charge in [-0.25, -0.2) is 4.98 Å². The molecule has 2 heterocycles. The van der Waals surface area contributed by atoms with Crippen LogP contribution in [0.15, 0.2) is 53.5 Å². The fourth-order valence-electron chi connectivity index (χ4n) is 3.33. The van der Waals surface area contributed by atoms with Crippen LogP contribution in [0.5, 0.6) is 0 Å². The van der Waals surface area contributed by atoms with Crippen molar-refractivity contribution in [2.75, 3.05) is 7.05 Å². The first-order valence-electron chi connectivity index (χ1n) is 8.29. The van der Waals surface area contributed by atoms with Crippen LogP contribution in [0.25, 0.3) is 5.69 Å². The van der Waals surface area contributed by atoms with Gasteiger partial charge in [-0.1, -0.05) is 41.9 Å². The molecule has 1 aliphatic heterocycles. The molecule has 0 spiro atoms. The fraction of sp³-hybridized carbons (Fsp3) is 0.150. The van der Waals surface area contributed by atoms with Gasteiger partial charge in [0.25, 0.3) is 0 Å². The van der Waals surface area contributed by atoms with Crippen LogP contribution >= 0.6 is 11.6 Å². The number of halogens is 1. The molecule has 1 N–H and O–H groups in total. The lowest BCUT2D eigenvalue weighted by Gasteiger charge is -2.13. The molecular weight excluding hydrogens is 348 g/mol. The number of nitrogens with zero attached hydrogens (tertiary/aromatic N) is 4. The third kappa shape index (κ3) is 2.80. The molecule has 1 aliphatic rings. The Kier molecular flexibility index (Phi) is 4.09. The second-order valence-corrected chi connectivity index (χ2v) is 6.66. The van der Waals surface area contributed by atoms with Crippen LogP contribution in [0.1, 0.15) is 28.3 Å². The molecule has 2 aromatic carbocycles. The number of aliphatic imine (C=N–C) groups is 1. The molecule has 0 bridgehead atoms. The highest BCUT2D eigenvalue weighted by Gasteiger charge is 2.24. The van der Waals surface area contributed by atoms with Crippen LogP contribution in [-0.2, 0) is 6.54 Å². The molecule has 3 aromatic rings. The molecule has 130 valence electrons. The van der Waals surface area contributed by atoms with Crippen LogP contribution in [0.2, 0.25) is 5.02 Å². The number of benzene rings is 2. The summed E-state index contributed by atoms with van der Waals surface area (Å²) in [5, 5.41) is 10.3. The molecule has 0 fully saturated rings. The molecule has 6 heteroatoms. The van der Waals surface area contributed by atoms with Gasteiger partial charge in [-0.2, -0.15) is 0 Å². The molecule has 0 atom stereocenters. The molecule has 1 aromatic heterocycles. The number of imidazole rings is 1. The largest absolute Gasteiger partial charge is 0.297 e. The van der Waals surface area contributed by atoms with E-state index in [0.717, 1.165) is 38.8 Å². The number of hydrogen-bond donors (Lipinski definition) is 1. The van der Waals surface area contributed by atoms with Gasteiger partial charge in [-0.15, -0.1) is 0 Å². The highest BCUT2D eigenvalue weighted by Crippen LogP contribution is 2.29. The Labute approximate surface area is 156 Å². The summed E-state index contributed by atoms with van der Waals surface area (Å²) in [6, 6.07) is 15.9. The third-order valence-electron chi connectivity index (χ3n) is 4.37. The van der Waals surface area contributed by atoms with E-state index in [-0.39, 0.29) is 0 Å². The van der Waals surface area contributed by atoms with Gasteiger partial charge >= 0.3 is 0 Å². The molecule has 4 rings (SSSR count). The molecule has 0 saturated heterocycles. The summed E-state index contributed by atoms with van der Waals surface area (Å²) in [7, 11) is 1.56. The molecular formula is C20H18ClN4O+. The molecule has 5 nitrogen and oxygen atoms in total. The zero-order chi connectivity index (χ0) is 18.3. The summed E-state index contributed by atoms with van der Waals surface area (Å²) in [4.78, 5) is 9.47. The molecule has 0 unspecified atom stereocenters. The Morgan fingerprint density at radius 2 is 1.96 bits per heavy atom. The second kappa shape index (κ2) is 6.42. The van der Waals surface area contributed by atoms with Crippen molar-refractivity contribution < 1.29 is 9.95 Å². The van der Waals surface area contributed by atoms with Gasteiger partial charge in [-0.3, -0.25) is 14.8 Å². The van der Waals surface area contributed by atoms with Crippen molar-refractivity contribution in [3.8, 4) is 5.69 Å². The third-order valence-corrected chi connectivity index (χ3v) is 4.60. The van der Waals surface area contributed by atoms with E-state index in [2.05, 4.69) is 9.55 Å². The summed E-state index contributed by atoms with van der Waals surface area (Å²) >= 11 is 6.30. The van der Waals surface area contributed by atoms with Crippen molar-refractivity contribution in [3.05, 3.63) is 81.9 Å². The second-order valence-electron chi connectivity index (χ2n) is 6.22. The van der Waals surface area contributed by atoms with Crippen molar-refractivity contribution in [1.82, 2.24) is 9.55 Å². The van der Waals surface area contributed by atoms with E-state index in [9.17, 15) is 5.21 Å². The first-order chi connectivity index (χ1) is 12.5. The van der Waals surface area contributed by atoms with E-state index in [4.69, 9.17) is 16.6 Å². The first kappa shape index (κ1) is 16.5. The van der Waals surface area contributed by atoms with Crippen molar-refractivity contribution in [2.45, 2.75) is 13.5 Å². The van der Waals surface area contributed by atoms with Gasteiger partial charge in [0, 0.05) is 16.1 Å². The maximum Gasteiger partial charge on any atom is 0.242 e. The van der Waals surface area contributed by atoms with E-state index in [1.807, 2.05) is 55.5 Å². The molecule has 0 saturated carbocycles. The minimum Gasteiger partial charge on any atom is -0.297 e. The summed E-state index contributed by atoms with van der Waals surface area (Å²) in [6.45, 7) is 2.40. The Morgan fingerprint density at radius 1 is 1.19 bits per heavy atom. The van der Waals surface area contributed by atoms with Crippen LogP contribution in [0, 0.1) is 6.92 Å². The Bertz CT molecular complexity index is 1050. The minimum absolute atomic E-state index is 0.455. The maximum atomic E-state index is 9.62. The highest BCUT2D eigenvalue weighted by molar-refractivity contribution is 6.31. The van der Waals surface area contributed by atoms with Crippen LogP contribution in [-0.4, -0.2) is 38.5 Å². The molecule has 26 heavy (non-hydrogen) atoms. The number of hydrogen-bond acceptors (Lipinski definition) is 3. The molecule has 0 radical (unpaired) electrons. The Morgan fingerprint density at radius 3 is 2.69 bits per heavy atom. The SMILES string of the molecule is Cc1nc(C=[N+](C)O)c2n1-c1ccc(Cl)cc1C(c1ccccc1)=NC2. The Balaban J connectivity index is 2.01. The lowest BCUT2D eigenvalue weighted by atomic mass is 10.0. The monoisotopic (exact) mass is 365 g/mol. The topological polar surface area (TPSA) is 53.4 Å². The quantitative estimate of drug-likeness (QED) is 0.326. The number of aryl methyl sites for hydroxylation is 1. The summed E-state index contributed by atoms with van der Waals surface area (Å²) in [5.74, 6) is 0.834. The normalized spacial score (nSPS) is 13.7. The van der Waals surface area contributed by atoms with E-state index in [1.54, 1.807) is 13.3 Å². The van der Waals surface area contributed by atoms with Crippen LogP contribution < -0.4 is 0 Å². The van der Waals surface area contributed by atoms with Crippen molar-refractivity contribution in [1.29, 1.82) is 0 Å². The Hall–Kier alpha value is -2.92. The van der Waals surface area contributed by atoms with Gasteiger partial charge in [0.15, 0.2) is 12.7 Å². The molecule has 0 aliphatic carbocycles. The van der Waals surface area contributed by atoms with Crippen molar-refractivity contribution >= 4 is 23.5 Å². The predicted molar refractivity (Wildman–Crippen MR) is 102 cm³/mol. The van der Waals surface area contributed by atoms with Crippen molar-refractivity contribution in [3.63, 3.8) is 0 Å². The lowest BCUT2D eigenvalue weighted by molar-refractivity contribution is -0.751. The number of aromatic nitrogens is 2. The number of rotatable bonds is 2. The zero-order valence-corrected chi connectivity index (χ0v) is 15.3. The lowest BCUT2D eigenvalue weighted by Crippen LogP contribution is -2.08. The van der Waals surface area contributed by atoms with E-state index in [0.29, 0.717) is 17.3 Å². The zero-order valence-electron chi connectivity index (χ0n) is 14.5. The van der Waals surface area contributed by atoms with Gasteiger partial charge in [-0.05, 0) is 29.9 Å². The average molecular weight is 366 g/mol. The number of hydroxylamine groups is 1. The smallest absolute Gasteiger partial charge is 0.242 e. The van der Waals surface area contributed by atoms with Gasteiger partial charge in [0.2, 0.25) is 6.21 Å². The standard InChI is InChI=1S/C20H18ClN4O/c1-13-23-17(12-24(2)26)19-11-22-20(14-6-4-3-5-7-14)16-10-15(21)8-9-18(16)25(13)19/h3-10,12,26H,11H2,1-2H3/q+1. The number of fused-ring (bicyclic) bond motifs is 3. The summed E-state index contributed by atoms with van der Waals surface area (Å²) in [5.41, 5.74) is 5.51. The van der Waals surface area contributed by atoms with Crippen molar-refractivity contribution in [2.24, 2.45) is 4.99 Å². The van der Waals surface area contributed by atoms with Crippen LogP contribution in [0.4, 0.5) is 0 Å². The van der Waals surface area contributed by atoms with E-state index >= 15 is 0 Å². The predicted octanol–water partition coefficient (Wildman–Crippen LogP) is 3.64.